The van der Waals surface area contributed by atoms with E-state index in [0.717, 1.165) is 17.5 Å². The van der Waals surface area contributed by atoms with Crippen LogP contribution in [-0.4, -0.2) is 34.7 Å². The minimum absolute atomic E-state index is 0.0114. The van der Waals surface area contributed by atoms with E-state index in [2.05, 4.69) is 18.2 Å². The fraction of sp³-hybridized carbons (Fsp3) is 0.333. The smallest absolute Gasteiger partial charge is 0.242 e. The lowest BCUT2D eigenvalue weighted by Gasteiger charge is -2.31. The van der Waals surface area contributed by atoms with Crippen molar-refractivity contribution in [2.24, 2.45) is 0 Å². The molecule has 4 nitrogen and oxygen atoms in total. The molecule has 0 bridgehead atoms. The maximum atomic E-state index is 12.7. The van der Waals surface area contributed by atoms with Crippen LogP contribution < -0.4 is 0 Å². The summed E-state index contributed by atoms with van der Waals surface area (Å²) in [5.41, 5.74) is 4.72. The van der Waals surface area contributed by atoms with Gasteiger partial charge in [0.15, 0.2) is 0 Å². The molecule has 2 amide bonds. The Morgan fingerprint density at radius 2 is 1.84 bits per heavy atom. The predicted molar refractivity (Wildman–Crippen MR) is 97.8 cm³/mol. The fourth-order valence-electron chi connectivity index (χ4n) is 3.28. The maximum absolute atomic E-state index is 12.7. The van der Waals surface area contributed by atoms with Gasteiger partial charge in [0.2, 0.25) is 11.8 Å². The molecule has 0 saturated heterocycles. The molecule has 2 aromatic rings. The van der Waals surface area contributed by atoms with E-state index in [9.17, 15) is 9.59 Å². The van der Waals surface area contributed by atoms with Crippen LogP contribution in [0, 0.1) is 6.92 Å². The molecule has 4 heteroatoms. The normalized spacial score (nSPS) is 13.3. The standard InChI is InChI=1S/C21H24N2O2/c1-16-6-5-7-18(12-16)13-23(17(2)24)15-21(25)22-11-10-19-8-3-4-9-20(19)14-22/h3-9,12H,10-11,13-15H2,1-2H3. The van der Waals surface area contributed by atoms with Gasteiger partial charge in [-0.1, -0.05) is 54.1 Å². The summed E-state index contributed by atoms with van der Waals surface area (Å²) >= 11 is 0. The molecule has 25 heavy (non-hydrogen) atoms. The van der Waals surface area contributed by atoms with Gasteiger partial charge in [0, 0.05) is 26.6 Å². The lowest BCUT2D eigenvalue weighted by molar-refractivity contribution is -0.140. The third-order valence-electron chi connectivity index (χ3n) is 4.71. The van der Waals surface area contributed by atoms with Crippen LogP contribution in [0.4, 0.5) is 0 Å². The molecule has 0 fully saturated rings. The first-order valence-corrected chi connectivity index (χ1v) is 8.68. The summed E-state index contributed by atoms with van der Waals surface area (Å²) < 4.78 is 0. The van der Waals surface area contributed by atoms with Gasteiger partial charge in [-0.3, -0.25) is 9.59 Å². The van der Waals surface area contributed by atoms with Crippen LogP contribution >= 0.6 is 0 Å². The van der Waals surface area contributed by atoms with Gasteiger partial charge in [-0.2, -0.15) is 0 Å². The molecule has 0 spiro atoms. The SMILES string of the molecule is CC(=O)N(CC(=O)N1CCc2ccccc2C1)Cc1cccc(C)c1. The average Bonchev–Trinajstić information content (AvgIpc) is 2.60. The van der Waals surface area contributed by atoms with Gasteiger partial charge < -0.3 is 9.80 Å². The Morgan fingerprint density at radius 3 is 2.56 bits per heavy atom. The highest BCUT2D eigenvalue weighted by atomic mass is 16.2. The molecule has 0 aromatic heterocycles. The van der Waals surface area contributed by atoms with Gasteiger partial charge in [-0.15, -0.1) is 0 Å². The number of fused-ring (bicyclic) bond motifs is 1. The van der Waals surface area contributed by atoms with Crippen molar-refractivity contribution in [1.29, 1.82) is 0 Å². The number of aryl methyl sites for hydroxylation is 1. The Bertz CT molecular complexity index is 785. The predicted octanol–water partition coefficient (Wildman–Crippen LogP) is 2.93. The molecule has 0 N–H and O–H groups in total. The third kappa shape index (κ3) is 4.27. The number of carbonyl (C=O) groups is 2. The van der Waals surface area contributed by atoms with E-state index in [1.54, 1.807) is 4.90 Å². The van der Waals surface area contributed by atoms with Crippen molar-refractivity contribution in [3.63, 3.8) is 0 Å². The van der Waals surface area contributed by atoms with Crippen molar-refractivity contribution in [2.45, 2.75) is 33.4 Å². The second-order valence-corrected chi connectivity index (χ2v) is 6.70. The van der Waals surface area contributed by atoms with Crippen LogP contribution in [-0.2, 0) is 29.1 Å². The summed E-state index contributed by atoms with van der Waals surface area (Å²) in [7, 11) is 0. The van der Waals surface area contributed by atoms with Crippen LogP contribution in [0.3, 0.4) is 0 Å². The van der Waals surface area contributed by atoms with E-state index in [1.807, 2.05) is 42.2 Å². The molecule has 0 atom stereocenters. The molecule has 1 heterocycles. The van der Waals surface area contributed by atoms with E-state index >= 15 is 0 Å². The van der Waals surface area contributed by atoms with E-state index in [4.69, 9.17) is 0 Å². The first-order chi connectivity index (χ1) is 12.0. The highest BCUT2D eigenvalue weighted by Crippen LogP contribution is 2.19. The second kappa shape index (κ2) is 7.51. The summed E-state index contributed by atoms with van der Waals surface area (Å²) in [5.74, 6) is -0.0652. The highest BCUT2D eigenvalue weighted by Gasteiger charge is 2.23. The van der Waals surface area contributed by atoms with Crippen molar-refractivity contribution >= 4 is 11.8 Å². The molecular formula is C21H24N2O2. The molecule has 1 aliphatic heterocycles. The molecule has 0 aliphatic carbocycles. The van der Waals surface area contributed by atoms with Crippen LogP contribution in [0.25, 0.3) is 0 Å². The Balaban J connectivity index is 1.66. The zero-order valence-electron chi connectivity index (χ0n) is 14.9. The molecule has 0 radical (unpaired) electrons. The van der Waals surface area contributed by atoms with Crippen molar-refractivity contribution in [1.82, 2.24) is 9.80 Å². The van der Waals surface area contributed by atoms with E-state index in [1.165, 1.54) is 18.1 Å². The first kappa shape index (κ1) is 17.2. The largest absolute Gasteiger partial charge is 0.336 e. The van der Waals surface area contributed by atoms with E-state index in [0.29, 0.717) is 19.6 Å². The highest BCUT2D eigenvalue weighted by molar-refractivity contribution is 5.84. The van der Waals surface area contributed by atoms with Gasteiger partial charge in [0.1, 0.15) is 6.54 Å². The van der Waals surface area contributed by atoms with Crippen molar-refractivity contribution in [3.05, 3.63) is 70.8 Å². The lowest BCUT2D eigenvalue weighted by atomic mass is 10.00. The van der Waals surface area contributed by atoms with Gasteiger partial charge in [0.05, 0.1) is 0 Å². The molecule has 130 valence electrons. The number of amides is 2. The lowest BCUT2D eigenvalue weighted by Crippen LogP contribution is -2.43. The molecule has 3 rings (SSSR count). The molecule has 0 saturated carbocycles. The summed E-state index contributed by atoms with van der Waals surface area (Å²) in [5, 5.41) is 0. The number of hydrogen-bond acceptors (Lipinski definition) is 2. The van der Waals surface area contributed by atoms with Crippen LogP contribution in [0.1, 0.15) is 29.2 Å². The second-order valence-electron chi connectivity index (χ2n) is 6.70. The first-order valence-electron chi connectivity index (χ1n) is 8.68. The zero-order valence-corrected chi connectivity index (χ0v) is 14.9. The van der Waals surface area contributed by atoms with Crippen molar-refractivity contribution in [3.8, 4) is 0 Å². The Morgan fingerprint density at radius 1 is 1.08 bits per heavy atom. The average molecular weight is 336 g/mol. The number of carbonyl (C=O) groups excluding carboxylic acids is 2. The topological polar surface area (TPSA) is 40.6 Å². The summed E-state index contributed by atoms with van der Waals surface area (Å²) in [6.07, 6.45) is 0.875. The Hall–Kier alpha value is -2.62. The summed E-state index contributed by atoms with van der Waals surface area (Å²) in [4.78, 5) is 28.2. The molecule has 1 aliphatic rings. The minimum atomic E-state index is -0.0766. The van der Waals surface area contributed by atoms with E-state index in [-0.39, 0.29) is 18.4 Å². The minimum Gasteiger partial charge on any atom is -0.336 e. The molecular weight excluding hydrogens is 312 g/mol. The van der Waals surface area contributed by atoms with Crippen molar-refractivity contribution < 1.29 is 9.59 Å². The third-order valence-corrected chi connectivity index (χ3v) is 4.71. The number of nitrogens with zero attached hydrogens (tertiary/aromatic N) is 2. The maximum Gasteiger partial charge on any atom is 0.242 e. The molecule has 0 unspecified atom stereocenters. The van der Waals surface area contributed by atoms with Crippen LogP contribution in [0.5, 0.6) is 0 Å². The van der Waals surface area contributed by atoms with E-state index < -0.39 is 0 Å². The zero-order chi connectivity index (χ0) is 17.8. The monoisotopic (exact) mass is 336 g/mol. The van der Waals surface area contributed by atoms with Gasteiger partial charge in [0.25, 0.3) is 0 Å². The summed E-state index contributed by atoms with van der Waals surface area (Å²) in [6.45, 7) is 5.49. The van der Waals surface area contributed by atoms with Gasteiger partial charge in [-0.05, 0) is 30.0 Å². The van der Waals surface area contributed by atoms with Crippen molar-refractivity contribution in [2.75, 3.05) is 13.1 Å². The summed E-state index contributed by atoms with van der Waals surface area (Å²) in [6, 6.07) is 16.3. The van der Waals surface area contributed by atoms with Gasteiger partial charge in [-0.25, -0.2) is 0 Å². The number of hydrogen-bond donors (Lipinski definition) is 0. The molecule has 2 aromatic carbocycles. The van der Waals surface area contributed by atoms with Gasteiger partial charge >= 0.3 is 0 Å². The quantitative estimate of drug-likeness (QED) is 0.861. The Labute approximate surface area is 149 Å². The van der Waals surface area contributed by atoms with Crippen LogP contribution in [0.15, 0.2) is 48.5 Å². The fourth-order valence-corrected chi connectivity index (χ4v) is 3.28. The Kier molecular flexibility index (Phi) is 5.17. The number of rotatable bonds is 4. The number of benzene rings is 2. The van der Waals surface area contributed by atoms with Crippen LogP contribution in [0.2, 0.25) is 0 Å².